The van der Waals surface area contributed by atoms with Crippen molar-refractivity contribution in [2.75, 3.05) is 13.7 Å². The SMILES string of the molecule is CCOc1ccc(F)c(-c2ccc3c(c2)CCC3Oc2ccc([C@H](CC)CC(=O)OC)cc2)c1. The average Bonchev–Trinajstić information content (AvgIpc) is 3.26. The first-order valence-corrected chi connectivity index (χ1v) is 11.9. The van der Waals surface area contributed by atoms with Crippen molar-refractivity contribution in [1.82, 2.24) is 0 Å². The van der Waals surface area contributed by atoms with Crippen molar-refractivity contribution in [2.45, 2.75) is 51.6 Å². The van der Waals surface area contributed by atoms with E-state index in [1.54, 1.807) is 12.1 Å². The quantitative estimate of drug-likeness (QED) is 0.321. The molecule has 178 valence electrons. The molecular weight excluding hydrogens is 431 g/mol. The zero-order valence-corrected chi connectivity index (χ0v) is 20.0. The molecule has 2 atom stereocenters. The fraction of sp³-hybridized carbons (Fsp3) is 0.345. The number of methoxy groups -OCH3 is 1. The van der Waals surface area contributed by atoms with Crippen molar-refractivity contribution in [2.24, 2.45) is 0 Å². The Kier molecular flexibility index (Phi) is 7.51. The minimum Gasteiger partial charge on any atom is -0.494 e. The summed E-state index contributed by atoms with van der Waals surface area (Å²) in [7, 11) is 1.42. The van der Waals surface area contributed by atoms with E-state index < -0.39 is 0 Å². The van der Waals surface area contributed by atoms with E-state index in [-0.39, 0.29) is 23.8 Å². The molecule has 0 N–H and O–H groups in total. The zero-order valence-electron chi connectivity index (χ0n) is 20.0. The van der Waals surface area contributed by atoms with Gasteiger partial charge in [-0.2, -0.15) is 0 Å². The Morgan fingerprint density at radius 3 is 2.50 bits per heavy atom. The number of aryl methyl sites for hydroxylation is 1. The normalized spacial score (nSPS) is 15.5. The Morgan fingerprint density at radius 1 is 1.03 bits per heavy atom. The Labute approximate surface area is 200 Å². The van der Waals surface area contributed by atoms with E-state index in [0.29, 0.717) is 24.3 Å². The molecule has 1 aliphatic carbocycles. The van der Waals surface area contributed by atoms with Gasteiger partial charge in [-0.3, -0.25) is 4.79 Å². The fourth-order valence-electron chi connectivity index (χ4n) is 4.62. The van der Waals surface area contributed by atoms with Crippen molar-refractivity contribution in [3.63, 3.8) is 0 Å². The van der Waals surface area contributed by atoms with Crippen LogP contribution in [0.15, 0.2) is 60.7 Å². The Balaban J connectivity index is 1.48. The van der Waals surface area contributed by atoms with Gasteiger partial charge in [0.2, 0.25) is 0 Å². The van der Waals surface area contributed by atoms with Crippen molar-refractivity contribution < 1.29 is 23.4 Å². The summed E-state index contributed by atoms with van der Waals surface area (Å²) >= 11 is 0. The number of hydrogen-bond donors (Lipinski definition) is 0. The lowest BCUT2D eigenvalue weighted by Crippen LogP contribution is -2.08. The standard InChI is InChI=1S/C29H31FO4/c1-4-19(17-29(31)32-3)20-6-10-23(11-7-20)34-28-15-9-21-16-22(8-13-25(21)28)26-18-24(33-5-2)12-14-27(26)30/h6-8,10-14,16,18-19,28H,4-5,9,15,17H2,1-3H3/t19-,28?/m1/s1. The molecule has 3 aromatic carbocycles. The molecule has 4 rings (SSSR count). The molecule has 0 radical (unpaired) electrons. The van der Waals surface area contributed by atoms with Gasteiger partial charge in [0.25, 0.3) is 0 Å². The van der Waals surface area contributed by atoms with Gasteiger partial charge in [0.05, 0.1) is 20.1 Å². The minimum absolute atomic E-state index is 0.0356. The summed E-state index contributed by atoms with van der Waals surface area (Å²) in [4.78, 5) is 11.7. The Morgan fingerprint density at radius 2 is 1.79 bits per heavy atom. The molecule has 1 unspecified atom stereocenters. The highest BCUT2D eigenvalue weighted by Gasteiger charge is 2.25. The summed E-state index contributed by atoms with van der Waals surface area (Å²) in [5, 5.41) is 0. The molecule has 0 bridgehead atoms. The van der Waals surface area contributed by atoms with Crippen LogP contribution < -0.4 is 9.47 Å². The maximum absolute atomic E-state index is 14.5. The highest BCUT2D eigenvalue weighted by molar-refractivity contribution is 5.70. The second-order valence-electron chi connectivity index (χ2n) is 8.59. The molecular formula is C29H31FO4. The second-order valence-corrected chi connectivity index (χ2v) is 8.59. The maximum atomic E-state index is 14.5. The zero-order chi connectivity index (χ0) is 24.1. The molecule has 0 fully saturated rings. The van der Waals surface area contributed by atoms with Gasteiger partial charge < -0.3 is 14.2 Å². The predicted molar refractivity (Wildman–Crippen MR) is 131 cm³/mol. The molecule has 0 aromatic heterocycles. The van der Waals surface area contributed by atoms with E-state index in [1.807, 2.05) is 43.3 Å². The van der Waals surface area contributed by atoms with Gasteiger partial charge in [0.15, 0.2) is 0 Å². The lowest BCUT2D eigenvalue weighted by Gasteiger charge is -2.18. The van der Waals surface area contributed by atoms with Crippen LogP contribution in [-0.2, 0) is 16.0 Å². The first kappa shape index (κ1) is 23.8. The van der Waals surface area contributed by atoms with E-state index in [9.17, 15) is 9.18 Å². The summed E-state index contributed by atoms with van der Waals surface area (Å²) in [6.07, 6.45) is 2.96. The second kappa shape index (κ2) is 10.7. The molecule has 0 amide bonds. The van der Waals surface area contributed by atoms with E-state index >= 15 is 0 Å². The van der Waals surface area contributed by atoms with Crippen LogP contribution in [0, 0.1) is 5.82 Å². The summed E-state index contributed by atoms with van der Waals surface area (Å²) in [6.45, 7) is 4.52. The van der Waals surface area contributed by atoms with Crippen molar-refractivity contribution in [3.05, 3.63) is 83.2 Å². The van der Waals surface area contributed by atoms with Gasteiger partial charge in [-0.15, -0.1) is 0 Å². The summed E-state index contributed by atoms with van der Waals surface area (Å²) < 4.78 is 31.2. The first-order chi connectivity index (χ1) is 16.5. The fourth-order valence-corrected chi connectivity index (χ4v) is 4.62. The number of rotatable bonds is 9. The predicted octanol–water partition coefficient (Wildman–Crippen LogP) is 7.01. The lowest BCUT2D eigenvalue weighted by molar-refractivity contribution is -0.141. The van der Waals surface area contributed by atoms with Crippen LogP contribution in [0.4, 0.5) is 4.39 Å². The summed E-state index contributed by atoms with van der Waals surface area (Å²) in [5.41, 5.74) is 4.83. The van der Waals surface area contributed by atoms with E-state index in [0.717, 1.165) is 41.7 Å². The molecule has 3 aromatic rings. The summed E-state index contributed by atoms with van der Waals surface area (Å²) in [5.74, 6) is 1.15. The molecule has 0 aliphatic heterocycles. The van der Waals surface area contributed by atoms with Crippen LogP contribution in [0.25, 0.3) is 11.1 Å². The monoisotopic (exact) mass is 462 g/mol. The number of esters is 1. The molecule has 0 saturated carbocycles. The Bertz CT molecular complexity index is 1140. The maximum Gasteiger partial charge on any atom is 0.306 e. The van der Waals surface area contributed by atoms with Gasteiger partial charge in [-0.1, -0.05) is 37.3 Å². The minimum atomic E-state index is -0.258. The van der Waals surface area contributed by atoms with Gasteiger partial charge in [-0.25, -0.2) is 4.39 Å². The van der Waals surface area contributed by atoms with E-state index in [1.165, 1.54) is 18.7 Å². The van der Waals surface area contributed by atoms with Crippen LogP contribution in [0.5, 0.6) is 11.5 Å². The average molecular weight is 463 g/mol. The number of carbonyl (C=O) groups is 1. The molecule has 34 heavy (non-hydrogen) atoms. The van der Waals surface area contributed by atoms with Crippen LogP contribution in [0.1, 0.15) is 61.8 Å². The summed E-state index contributed by atoms with van der Waals surface area (Å²) in [6, 6.07) is 18.9. The Hall–Kier alpha value is -3.34. The largest absolute Gasteiger partial charge is 0.494 e. The van der Waals surface area contributed by atoms with E-state index in [2.05, 4.69) is 13.0 Å². The van der Waals surface area contributed by atoms with Crippen LogP contribution >= 0.6 is 0 Å². The van der Waals surface area contributed by atoms with Gasteiger partial charge in [0.1, 0.15) is 23.4 Å². The first-order valence-electron chi connectivity index (χ1n) is 11.9. The third-order valence-corrected chi connectivity index (χ3v) is 6.49. The number of fused-ring (bicyclic) bond motifs is 1. The number of hydrogen-bond acceptors (Lipinski definition) is 4. The number of carbonyl (C=O) groups excluding carboxylic acids is 1. The lowest BCUT2D eigenvalue weighted by atomic mass is 9.93. The molecule has 1 aliphatic rings. The molecule has 4 nitrogen and oxygen atoms in total. The topological polar surface area (TPSA) is 44.8 Å². The van der Waals surface area contributed by atoms with Crippen molar-refractivity contribution in [3.8, 4) is 22.6 Å². The van der Waals surface area contributed by atoms with Gasteiger partial charge in [-0.05, 0) is 84.7 Å². The van der Waals surface area contributed by atoms with Crippen LogP contribution in [0.2, 0.25) is 0 Å². The van der Waals surface area contributed by atoms with Gasteiger partial charge >= 0.3 is 5.97 Å². The number of ether oxygens (including phenoxy) is 3. The molecule has 0 saturated heterocycles. The van der Waals surface area contributed by atoms with E-state index in [4.69, 9.17) is 14.2 Å². The molecule has 0 spiro atoms. The highest BCUT2D eigenvalue weighted by Crippen LogP contribution is 2.38. The van der Waals surface area contributed by atoms with Crippen LogP contribution in [0.3, 0.4) is 0 Å². The number of benzene rings is 3. The van der Waals surface area contributed by atoms with Crippen LogP contribution in [-0.4, -0.2) is 19.7 Å². The van der Waals surface area contributed by atoms with Crippen molar-refractivity contribution >= 4 is 5.97 Å². The molecule has 0 heterocycles. The number of halogens is 1. The third kappa shape index (κ3) is 5.24. The van der Waals surface area contributed by atoms with Gasteiger partial charge in [0, 0.05) is 5.56 Å². The van der Waals surface area contributed by atoms with Crippen molar-refractivity contribution in [1.29, 1.82) is 0 Å². The third-order valence-electron chi connectivity index (χ3n) is 6.49. The highest BCUT2D eigenvalue weighted by atomic mass is 19.1. The molecule has 5 heteroatoms. The smallest absolute Gasteiger partial charge is 0.306 e.